The Hall–Kier alpha value is -2.99. The Labute approximate surface area is 141 Å². The maximum absolute atomic E-state index is 12.5. The number of para-hydroxylation sites is 1. The van der Waals surface area contributed by atoms with E-state index in [4.69, 9.17) is 0 Å². The van der Waals surface area contributed by atoms with Crippen LogP contribution in [0.4, 0.5) is 5.13 Å². The van der Waals surface area contributed by atoms with Crippen LogP contribution in [-0.2, 0) is 0 Å². The first kappa shape index (κ1) is 14.6. The van der Waals surface area contributed by atoms with E-state index in [0.717, 1.165) is 21.4 Å². The molecule has 0 aliphatic carbocycles. The Morgan fingerprint density at radius 3 is 2.83 bits per heavy atom. The van der Waals surface area contributed by atoms with Gasteiger partial charge in [0.1, 0.15) is 0 Å². The van der Waals surface area contributed by atoms with Crippen molar-refractivity contribution in [3.05, 3.63) is 70.0 Å². The van der Waals surface area contributed by atoms with Crippen LogP contribution in [0.25, 0.3) is 21.1 Å². The first-order valence-corrected chi connectivity index (χ1v) is 8.22. The molecular formula is C18H13N3O2S. The van der Waals surface area contributed by atoms with Gasteiger partial charge in [0.05, 0.1) is 10.2 Å². The molecule has 6 heteroatoms. The van der Waals surface area contributed by atoms with E-state index >= 15 is 0 Å². The van der Waals surface area contributed by atoms with Crippen molar-refractivity contribution in [3.8, 4) is 0 Å². The minimum atomic E-state index is -0.282. The number of nitrogens with zero attached hydrogens (tertiary/aromatic N) is 1. The van der Waals surface area contributed by atoms with Gasteiger partial charge in [-0.25, -0.2) is 4.98 Å². The summed E-state index contributed by atoms with van der Waals surface area (Å²) in [7, 11) is 0. The summed E-state index contributed by atoms with van der Waals surface area (Å²) < 4.78 is 1.01. The minimum absolute atomic E-state index is 0.101. The number of hydrogen-bond donors (Lipinski definition) is 2. The smallest absolute Gasteiger partial charge is 0.257 e. The van der Waals surface area contributed by atoms with Crippen LogP contribution in [0.2, 0.25) is 0 Å². The van der Waals surface area contributed by atoms with Crippen molar-refractivity contribution < 1.29 is 4.79 Å². The normalized spacial score (nSPS) is 11.0. The number of carbonyl (C=O) groups is 1. The third kappa shape index (κ3) is 2.57. The van der Waals surface area contributed by atoms with E-state index < -0.39 is 0 Å². The van der Waals surface area contributed by atoms with E-state index in [1.54, 1.807) is 18.2 Å². The van der Waals surface area contributed by atoms with Crippen molar-refractivity contribution in [2.24, 2.45) is 0 Å². The van der Waals surface area contributed by atoms with E-state index in [1.165, 1.54) is 17.4 Å². The van der Waals surface area contributed by atoms with Crippen LogP contribution in [0, 0.1) is 6.92 Å². The predicted octanol–water partition coefficient (Wildman–Crippen LogP) is 3.70. The van der Waals surface area contributed by atoms with E-state index in [2.05, 4.69) is 15.3 Å². The third-order valence-electron chi connectivity index (χ3n) is 3.74. The summed E-state index contributed by atoms with van der Waals surface area (Å²) >= 11 is 1.42. The van der Waals surface area contributed by atoms with Crippen molar-refractivity contribution >= 4 is 43.5 Å². The van der Waals surface area contributed by atoms with Gasteiger partial charge in [-0.1, -0.05) is 23.5 Å². The molecule has 0 radical (unpaired) electrons. The molecule has 0 spiro atoms. The molecular weight excluding hydrogens is 322 g/mol. The molecule has 0 saturated heterocycles. The lowest BCUT2D eigenvalue weighted by Crippen LogP contribution is -2.12. The van der Waals surface area contributed by atoms with Gasteiger partial charge < -0.3 is 4.98 Å². The molecule has 0 bridgehead atoms. The second-order valence-corrected chi connectivity index (χ2v) is 6.55. The highest BCUT2D eigenvalue weighted by Gasteiger charge is 2.11. The van der Waals surface area contributed by atoms with E-state index in [0.29, 0.717) is 16.1 Å². The largest absolute Gasteiger partial charge is 0.358 e. The Morgan fingerprint density at radius 1 is 1.17 bits per heavy atom. The van der Waals surface area contributed by atoms with Crippen LogP contribution < -0.4 is 10.7 Å². The Bertz CT molecular complexity index is 1110. The van der Waals surface area contributed by atoms with Crippen molar-refractivity contribution in [2.75, 3.05) is 5.32 Å². The van der Waals surface area contributed by atoms with Crippen LogP contribution >= 0.6 is 11.3 Å². The molecule has 2 aromatic heterocycles. The molecule has 1 amide bonds. The van der Waals surface area contributed by atoms with E-state index in [1.807, 2.05) is 31.2 Å². The number of rotatable bonds is 2. The van der Waals surface area contributed by atoms with E-state index in [9.17, 15) is 9.59 Å². The fraction of sp³-hybridized carbons (Fsp3) is 0.0556. The summed E-state index contributed by atoms with van der Waals surface area (Å²) in [5.74, 6) is -0.282. The van der Waals surface area contributed by atoms with Gasteiger partial charge in [-0.2, -0.15) is 0 Å². The lowest BCUT2D eigenvalue weighted by atomic mass is 10.1. The van der Waals surface area contributed by atoms with Crippen molar-refractivity contribution in [1.29, 1.82) is 0 Å². The molecule has 0 unspecified atom stereocenters. The Kier molecular flexibility index (Phi) is 3.39. The van der Waals surface area contributed by atoms with Gasteiger partial charge in [-0.15, -0.1) is 0 Å². The molecule has 2 aromatic carbocycles. The quantitative estimate of drug-likeness (QED) is 0.586. The Balaban J connectivity index is 1.69. The fourth-order valence-corrected chi connectivity index (χ4v) is 3.48. The van der Waals surface area contributed by atoms with E-state index in [-0.39, 0.29) is 11.3 Å². The molecule has 4 aromatic rings. The molecule has 2 heterocycles. The molecule has 0 atom stereocenters. The zero-order valence-corrected chi connectivity index (χ0v) is 13.6. The molecule has 5 nitrogen and oxygen atoms in total. The number of aryl methyl sites for hydroxylation is 1. The first-order valence-electron chi connectivity index (χ1n) is 7.41. The Morgan fingerprint density at radius 2 is 2.00 bits per heavy atom. The topological polar surface area (TPSA) is 74.8 Å². The number of aromatic nitrogens is 2. The minimum Gasteiger partial charge on any atom is -0.358 e. The van der Waals surface area contributed by atoms with Crippen molar-refractivity contribution in [3.63, 3.8) is 0 Å². The number of thiazole rings is 1. The molecule has 0 fully saturated rings. The number of anilines is 1. The lowest BCUT2D eigenvalue weighted by Gasteiger charge is -2.04. The van der Waals surface area contributed by atoms with Crippen LogP contribution in [0.5, 0.6) is 0 Å². The number of nitrogens with one attached hydrogen (secondary N) is 2. The van der Waals surface area contributed by atoms with Crippen LogP contribution in [0.15, 0.2) is 53.3 Å². The van der Waals surface area contributed by atoms with Gasteiger partial charge >= 0.3 is 0 Å². The number of hydrogen-bond acceptors (Lipinski definition) is 4. The molecule has 0 aliphatic rings. The highest BCUT2D eigenvalue weighted by atomic mass is 32.1. The second-order valence-electron chi connectivity index (χ2n) is 5.52. The number of carbonyl (C=O) groups excluding carboxylic acids is 1. The van der Waals surface area contributed by atoms with Gasteiger partial charge in [0.2, 0.25) is 0 Å². The highest BCUT2D eigenvalue weighted by Crippen LogP contribution is 2.25. The molecule has 0 aliphatic heterocycles. The number of H-pyrrole nitrogens is 1. The third-order valence-corrected chi connectivity index (χ3v) is 4.69. The van der Waals surface area contributed by atoms with Crippen LogP contribution in [0.1, 0.15) is 16.1 Å². The summed E-state index contributed by atoms with van der Waals surface area (Å²) in [5, 5.41) is 3.84. The average Bonchev–Trinajstić information content (AvgIpc) is 2.96. The molecule has 2 N–H and O–H groups in total. The van der Waals surface area contributed by atoms with Crippen LogP contribution in [0.3, 0.4) is 0 Å². The predicted molar refractivity (Wildman–Crippen MR) is 96.9 cm³/mol. The van der Waals surface area contributed by atoms with Gasteiger partial charge in [0.15, 0.2) is 10.6 Å². The number of benzene rings is 2. The highest BCUT2D eigenvalue weighted by molar-refractivity contribution is 7.22. The summed E-state index contributed by atoms with van der Waals surface area (Å²) in [4.78, 5) is 32.1. The van der Waals surface area contributed by atoms with Gasteiger partial charge in [-0.05, 0) is 37.3 Å². The molecule has 118 valence electrons. The molecule has 4 rings (SSSR count). The maximum Gasteiger partial charge on any atom is 0.257 e. The molecule has 24 heavy (non-hydrogen) atoms. The number of amides is 1. The number of aromatic amines is 1. The summed E-state index contributed by atoms with van der Waals surface area (Å²) in [5.41, 5.74) is 2.69. The second kappa shape index (κ2) is 5.58. The summed E-state index contributed by atoms with van der Waals surface area (Å²) in [6.45, 7) is 1.83. The first-order chi connectivity index (χ1) is 11.6. The molecule has 0 saturated carbocycles. The fourth-order valence-electron chi connectivity index (χ4n) is 2.62. The summed E-state index contributed by atoms with van der Waals surface area (Å²) in [6.07, 6.45) is 0. The SMILES string of the molecule is Cc1cc(=O)c2cc(C(=O)Nc3nc4ccccc4s3)ccc2[nH]1. The standard InChI is InChI=1S/C18H13N3O2S/c1-10-8-15(22)12-9-11(6-7-13(12)19-10)17(23)21-18-20-14-4-2-3-5-16(14)24-18/h2-9H,1H3,(H,19,22)(H,20,21,23). The van der Waals surface area contributed by atoms with Gasteiger partial charge in [-0.3, -0.25) is 14.9 Å². The summed E-state index contributed by atoms with van der Waals surface area (Å²) in [6, 6.07) is 14.3. The average molecular weight is 335 g/mol. The monoisotopic (exact) mass is 335 g/mol. The van der Waals surface area contributed by atoms with Gasteiger partial charge in [0, 0.05) is 28.2 Å². The zero-order valence-electron chi connectivity index (χ0n) is 12.8. The zero-order chi connectivity index (χ0) is 16.7. The van der Waals surface area contributed by atoms with Crippen molar-refractivity contribution in [2.45, 2.75) is 6.92 Å². The van der Waals surface area contributed by atoms with Crippen molar-refractivity contribution in [1.82, 2.24) is 9.97 Å². The van der Waals surface area contributed by atoms with Crippen LogP contribution in [-0.4, -0.2) is 15.9 Å². The number of fused-ring (bicyclic) bond motifs is 2. The maximum atomic E-state index is 12.5. The van der Waals surface area contributed by atoms with Gasteiger partial charge in [0.25, 0.3) is 5.91 Å². The lowest BCUT2D eigenvalue weighted by molar-refractivity contribution is 0.102. The number of pyridine rings is 1.